The van der Waals surface area contributed by atoms with Gasteiger partial charge in [0.05, 0.1) is 17.8 Å². The average molecular weight is 512 g/mol. The largest absolute Gasteiger partial charge is 0.477 e. The lowest BCUT2D eigenvalue weighted by Crippen LogP contribution is -2.40. The van der Waals surface area contributed by atoms with Crippen molar-refractivity contribution in [2.24, 2.45) is 11.8 Å². The molecule has 2 aliphatic carbocycles. The van der Waals surface area contributed by atoms with Gasteiger partial charge in [0, 0.05) is 24.1 Å². The van der Waals surface area contributed by atoms with Gasteiger partial charge >= 0.3 is 6.09 Å². The van der Waals surface area contributed by atoms with Crippen molar-refractivity contribution >= 4 is 17.7 Å². The van der Waals surface area contributed by atoms with Crippen LogP contribution >= 0.6 is 0 Å². The van der Waals surface area contributed by atoms with Crippen LogP contribution in [-0.2, 0) is 15.7 Å². The van der Waals surface area contributed by atoms with Gasteiger partial charge in [0.25, 0.3) is 0 Å². The van der Waals surface area contributed by atoms with Gasteiger partial charge in [0.1, 0.15) is 17.2 Å². The van der Waals surface area contributed by atoms with Gasteiger partial charge in [-0.05, 0) is 85.1 Å². The molecule has 2 N–H and O–H groups in total. The molecule has 0 aliphatic heterocycles. The van der Waals surface area contributed by atoms with E-state index in [1.807, 2.05) is 39.0 Å². The van der Waals surface area contributed by atoms with Crippen molar-refractivity contribution in [3.8, 4) is 5.88 Å². The lowest BCUT2D eigenvalue weighted by Gasteiger charge is -2.35. The molecule has 4 rings (SSSR count). The number of ether oxygens (including phenoxy) is 2. The van der Waals surface area contributed by atoms with Crippen LogP contribution in [-0.4, -0.2) is 39.6 Å². The highest BCUT2D eigenvalue weighted by molar-refractivity contribution is 5.67. The SMILES string of the molecule is CC(C)(C)OC(=O)NCC1CC(COc2cccc(Nc3cc(C4(C)CCCC4)nn3C(C)(C)C)n2)C1. The van der Waals surface area contributed by atoms with Crippen LogP contribution in [0, 0.1) is 11.8 Å². The van der Waals surface area contributed by atoms with Gasteiger partial charge in [-0.3, -0.25) is 0 Å². The van der Waals surface area contributed by atoms with Gasteiger partial charge in [0.2, 0.25) is 5.88 Å². The van der Waals surface area contributed by atoms with E-state index in [9.17, 15) is 4.79 Å². The molecule has 1 amide bonds. The fourth-order valence-corrected chi connectivity index (χ4v) is 5.31. The molecule has 2 aliphatic rings. The summed E-state index contributed by atoms with van der Waals surface area (Å²) in [5, 5.41) is 11.4. The molecule has 204 valence electrons. The summed E-state index contributed by atoms with van der Waals surface area (Å²) in [6, 6.07) is 8.03. The normalized spacial score (nSPS) is 21.3. The smallest absolute Gasteiger partial charge is 0.407 e. The lowest BCUT2D eigenvalue weighted by atomic mass is 9.75. The van der Waals surface area contributed by atoms with E-state index in [0.717, 1.165) is 30.2 Å². The van der Waals surface area contributed by atoms with Gasteiger partial charge in [-0.2, -0.15) is 10.1 Å². The number of carbonyl (C=O) groups excluding carboxylic acids is 1. The van der Waals surface area contributed by atoms with Gasteiger partial charge in [-0.1, -0.05) is 25.8 Å². The maximum atomic E-state index is 11.8. The van der Waals surface area contributed by atoms with E-state index < -0.39 is 5.60 Å². The quantitative estimate of drug-likeness (QED) is 0.418. The topological polar surface area (TPSA) is 90.3 Å². The van der Waals surface area contributed by atoms with Crippen LogP contribution in [0.25, 0.3) is 0 Å². The Bertz CT molecular complexity index is 1070. The number of nitrogens with zero attached hydrogens (tertiary/aromatic N) is 3. The number of pyridine rings is 1. The van der Waals surface area contributed by atoms with Crippen molar-refractivity contribution in [3.63, 3.8) is 0 Å². The summed E-state index contributed by atoms with van der Waals surface area (Å²) >= 11 is 0. The Balaban J connectivity index is 1.30. The molecule has 8 nitrogen and oxygen atoms in total. The molecule has 2 aromatic rings. The Morgan fingerprint density at radius 3 is 2.46 bits per heavy atom. The molecule has 2 saturated carbocycles. The zero-order valence-corrected chi connectivity index (χ0v) is 23.7. The zero-order chi connectivity index (χ0) is 26.8. The predicted octanol–water partition coefficient (Wildman–Crippen LogP) is 6.54. The van der Waals surface area contributed by atoms with Gasteiger partial charge in [0.15, 0.2) is 0 Å². The van der Waals surface area contributed by atoms with Gasteiger partial charge < -0.3 is 20.1 Å². The van der Waals surface area contributed by atoms with Crippen LogP contribution < -0.4 is 15.4 Å². The Morgan fingerprint density at radius 2 is 1.81 bits per heavy atom. The number of anilines is 2. The molecule has 37 heavy (non-hydrogen) atoms. The Kier molecular flexibility index (Phi) is 7.77. The Labute approximate surface area is 221 Å². The summed E-state index contributed by atoms with van der Waals surface area (Å²) in [6.07, 6.45) is 6.62. The number of alkyl carbamates (subject to hydrolysis) is 1. The highest BCUT2D eigenvalue weighted by Gasteiger charge is 2.35. The number of amides is 1. The molecule has 8 heteroatoms. The van der Waals surface area contributed by atoms with Gasteiger partial charge in [-0.25, -0.2) is 9.48 Å². The molecule has 2 heterocycles. The van der Waals surface area contributed by atoms with E-state index in [1.165, 1.54) is 25.7 Å². The molecule has 2 fully saturated rings. The highest BCUT2D eigenvalue weighted by atomic mass is 16.6. The van der Waals surface area contributed by atoms with Crippen LogP contribution in [0.3, 0.4) is 0 Å². The molecule has 0 bridgehead atoms. The molecule has 0 atom stereocenters. The Hall–Kier alpha value is -2.77. The van der Waals surface area contributed by atoms with E-state index in [0.29, 0.717) is 30.9 Å². The standard InChI is InChI=1S/C29H45N5O3/c1-27(2,3)34-24(17-22(33-34)29(7)13-8-9-14-29)31-23-11-10-12-25(32-23)36-19-21-15-20(16-21)18-30-26(35)37-28(4,5)6/h10-12,17,20-21H,8-9,13-16,18-19H2,1-7H3,(H,30,35)(H,31,32). The second kappa shape index (κ2) is 10.5. The summed E-state index contributed by atoms with van der Waals surface area (Å²) in [4.78, 5) is 16.6. The average Bonchev–Trinajstić information content (AvgIpc) is 3.39. The van der Waals surface area contributed by atoms with E-state index in [4.69, 9.17) is 19.6 Å². The van der Waals surface area contributed by atoms with Crippen LogP contribution in [0.5, 0.6) is 5.88 Å². The third-order valence-corrected chi connectivity index (χ3v) is 7.38. The maximum Gasteiger partial charge on any atom is 0.407 e. The number of aromatic nitrogens is 3. The number of hydrogen-bond donors (Lipinski definition) is 2. The first kappa shape index (κ1) is 27.3. The van der Waals surface area contributed by atoms with Crippen molar-refractivity contribution < 1.29 is 14.3 Å². The lowest BCUT2D eigenvalue weighted by molar-refractivity contribution is 0.0484. The van der Waals surface area contributed by atoms with Crippen molar-refractivity contribution in [1.29, 1.82) is 0 Å². The van der Waals surface area contributed by atoms with Crippen LogP contribution in [0.4, 0.5) is 16.4 Å². The summed E-state index contributed by atoms with van der Waals surface area (Å²) in [6.45, 7) is 15.7. The molecule has 0 unspecified atom stereocenters. The molecule has 0 spiro atoms. The van der Waals surface area contributed by atoms with Crippen molar-refractivity contribution in [2.75, 3.05) is 18.5 Å². The summed E-state index contributed by atoms with van der Waals surface area (Å²) < 4.78 is 13.4. The van der Waals surface area contributed by atoms with Crippen LogP contribution in [0.15, 0.2) is 24.3 Å². The number of nitrogens with one attached hydrogen (secondary N) is 2. The summed E-state index contributed by atoms with van der Waals surface area (Å²) in [5.41, 5.74) is 0.687. The third-order valence-electron chi connectivity index (χ3n) is 7.38. The van der Waals surface area contributed by atoms with E-state index >= 15 is 0 Å². The van der Waals surface area contributed by atoms with Crippen molar-refractivity contribution in [1.82, 2.24) is 20.1 Å². The third kappa shape index (κ3) is 7.17. The minimum absolute atomic E-state index is 0.147. The first-order chi connectivity index (χ1) is 17.3. The first-order valence-corrected chi connectivity index (χ1v) is 13.8. The Morgan fingerprint density at radius 1 is 1.11 bits per heavy atom. The van der Waals surface area contributed by atoms with Gasteiger partial charge in [-0.15, -0.1) is 0 Å². The number of rotatable bonds is 8. The minimum Gasteiger partial charge on any atom is -0.477 e. The molecular weight excluding hydrogens is 466 g/mol. The molecule has 0 saturated heterocycles. The second-order valence-corrected chi connectivity index (χ2v) is 13.1. The number of hydrogen-bond acceptors (Lipinski definition) is 6. The fourth-order valence-electron chi connectivity index (χ4n) is 5.31. The van der Waals surface area contributed by atoms with E-state index in [-0.39, 0.29) is 17.0 Å². The second-order valence-electron chi connectivity index (χ2n) is 13.1. The van der Waals surface area contributed by atoms with Crippen LogP contribution in [0.1, 0.15) is 92.7 Å². The predicted molar refractivity (Wildman–Crippen MR) is 147 cm³/mol. The molecule has 0 aromatic carbocycles. The van der Waals surface area contributed by atoms with E-state index in [2.05, 4.69) is 49.1 Å². The molecule has 0 radical (unpaired) electrons. The van der Waals surface area contributed by atoms with Crippen molar-refractivity contribution in [2.45, 2.75) is 104 Å². The number of carbonyl (C=O) groups is 1. The monoisotopic (exact) mass is 511 g/mol. The zero-order valence-electron chi connectivity index (χ0n) is 23.7. The molecule has 2 aromatic heterocycles. The highest BCUT2D eigenvalue weighted by Crippen LogP contribution is 2.41. The van der Waals surface area contributed by atoms with E-state index in [1.54, 1.807) is 0 Å². The van der Waals surface area contributed by atoms with Crippen molar-refractivity contribution in [3.05, 3.63) is 30.0 Å². The summed E-state index contributed by atoms with van der Waals surface area (Å²) in [5.74, 6) is 3.26. The summed E-state index contributed by atoms with van der Waals surface area (Å²) in [7, 11) is 0. The fraction of sp³-hybridized carbons (Fsp3) is 0.690. The minimum atomic E-state index is -0.473. The first-order valence-electron chi connectivity index (χ1n) is 13.8. The molecular formula is C29H45N5O3. The van der Waals surface area contributed by atoms with Crippen LogP contribution in [0.2, 0.25) is 0 Å². The maximum absolute atomic E-state index is 11.8.